The summed E-state index contributed by atoms with van der Waals surface area (Å²) in [6.45, 7) is 1.98. The SMILES string of the molecule is CN1C(=N)C[C@](C)(c2cccc(-c3ccc(C#N)s3)n2)CC1=O. The van der Waals surface area contributed by atoms with Gasteiger partial charge in [-0.1, -0.05) is 13.0 Å². The Bertz CT molecular complexity index is 815. The third-order valence-electron chi connectivity index (χ3n) is 4.21. The van der Waals surface area contributed by atoms with Gasteiger partial charge in [-0.05, 0) is 24.3 Å². The fourth-order valence-electron chi connectivity index (χ4n) is 2.78. The number of amidine groups is 1. The number of hydrogen-bond donors (Lipinski definition) is 1. The molecule has 0 spiro atoms. The number of hydrogen-bond acceptors (Lipinski definition) is 5. The van der Waals surface area contributed by atoms with E-state index in [1.165, 1.54) is 16.2 Å². The van der Waals surface area contributed by atoms with Gasteiger partial charge in [0.25, 0.3) is 0 Å². The standard InChI is InChI=1S/C17H16N4OS/c1-17(8-15(19)21(2)16(22)9-17)14-5-3-4-12(20-14)13-7-6-11(10-18)23-13/h3-7,19H,8-9H2,1-2H3/t17-/m0/s1. The molecule has 3 rings (SSSR count). The average molecular weight is 324 g/mol. The maximum atomic E-state index is 12.1. The number of aromatic nitrogens is 1. The Morgan fingerprint density at radius 2 is 2.13 bits per heavy atom. The van der Waals surface area contributed by atoms with Crippen molar-refractivity contribution in [3.8, 4) is 16.6 Å². The van der Waals surface area contributed by atoms with Crippen molar-refractivity contribution in [2.45, 2.75) is 25.2 Å². The molecule has 0 saturated carbocycles. The molecule has 2 aromatic rings. The lowest BCUT2D eigenvalue weighted by Gasteiger charge is -2.37. The Morgan fingerprint density at radius 1 is 1.35 bits per heavy atom. The van der Waals surface area contributed by atoms with Crippen LogP contribution in [-0.4, -0.2) is 28.7 Å². The van der Waals surface area contributed by atoms with Crippen LogP contribution in [0.2, 0.25) is 0 Å². The van der Waals surface area contributed by atoms with Crippen LogP contribution in [0.25, 0.3) is 10.6 Å². The molecule has 0 radical (unpaired) electrons. The molecule has 1 aliphatic heterocycles. The zero-order valence-electron chi connectivity index (χ0n) is 13.0. The Morgan fingerprint density at radius 3 is 2.78 bits per heavy atom. The first kappa shape index (κ1) is 15.4. The number of likely N-dealkylation sites (tertiary alicyclic amines) is 1. The second-order valence-corrected chi connectivity index (χ2v) is 7.08. The second kappa shape index (κ2) is 5.60. The molecular weight excluding hydrogens is 308 g/mol. The molecule has 1 N–H and O–H groups in total. The lowest BCUT2D eigenvalue weighted by Crippen LogP contribution is -2.46. The number of carbonyl (C=O) groups is 1. The normalized spacial score (nSPS) is 21.3. The molecule has 1 atom stereocenters. The minimum absolute atomic E-state index is 0.0566. The average Bonchev–Trinajstić information content (AvgIpc) is 3.02. The summed E-state index contributed by atoms with van der Waals surface area (Å²) in [5, 5.41) is 17.0. The Hall–Kier alpha value is -2.52. The number of nitriles is 1. The van der Waals surface area contributed by atoms with E-state index in [9.17, 15) is 4.79 Å². The first-order valence-electron chi connectivity index (χ1n) is 7.25. The van der Waals surface area contributed by atoms with Crippen LogP contribution >= 0.6 is 11.3 Å². The number of pyridine rings is 1. The van der Waals surface area contributed by atoms with Gasteiger partial charge >= 0.3 is 0 Å². The van der Waals surface area contributed by atoms with Gasteiger partial charge in [-0.15, -0.1) is 11.3 Å². The minimum Gasteiger partial charge on any atom is -0.304 e. The van der Waals surface area contributed by atoms with Crippen LogP contribution in [0.4, 0.5) is 0 Å². The molecular formula is C17H16N4OS. The van der Waals surface area contributed by atoms with Crippen LogP contribution in [-0.2, 0) is 10.2 Å². The van der Waals surface area contributed by atoms with Gasteiger partial charge in [0.15, 0.2) is 0 Å². The van der Waals surface area contributed by atoms with E-state index in [0.717, 1.165) is 16.3 Å². The third-order valence-corrected chi connectivity index (χ3v) is 5.23. The van der Waals surface area contributed by atoms with E-state index in [1.54, 1.807) is 13.1 Å². The van der Waals surface area contributed by atoms with Crippen LogP contribution in [0.3, 0.4) is 0 Å². The van der Waals surface area contributed by atoms with Gasteiger partial charge in [0.05, 0.1) is 10.6 Å². The van der Waals surface area contributed by atoms with E-state index in [-0.39, 0.29) is 5.91 Å². The van der Waals surface area contributed by atoms with E-state index in [4.69, 9.17) is 15.7 Å². The fraction of sp³-hybridized carbons (Fsp3) is 0.294. The van der Waals surface area contributed by atoms with Crippen LogP contribution in [0, 0.1) is 16.7 Å². The summed E-state index contributed by atoms with van der Waals surface area (Å²) < 4.78 is 0. The number of thiophene rings is 1. The van der Waals surface area contributed by atoms with Gasteiger partial charge in [0, 0.05) is 31.0 Å². The van der Waals surface area contributed by atoms with Crippen molar-refractivity contribution < 1.29 is 4.79 Å². The Labute approximate surface area is 138 Å². The largest absolute Gasteiger partial charge is 0.304 e. The van der Waals surface area contributed by atoms with Gasteiger partial charge in [-0.2, -0.15) is 5.26 Å². The molecule has 0 unspecified atom stereocenters. The van der Waals surface area contributed by atoms with Crippen LogP contribution < -0.4 is 0 Å². The Balaban J connectivity index is 1.98. The van der Waals surface area contributed by atoms with Crippen LogP contribution in [0.5, 0.6) is 0 Å². The predicted octanol–water partition coefficient (Wildman–Crippen LogP) is 3.17. The highest BCUT2D eigenvalue weighted by molar-refractivity contribution is 7.15. The smallest absolute Gasteiger partial charge is 0.228 e. The molecule has 1 aliphatic rings. The van der Waals surface area contributed by atoms with Crippen molar-refractivity contribution in [3.63, 3.8) is 0 Å². The minimum atomic E-state index is -0.466. The van der Waals surface area contributed by atoms with Gasteiger partial charge < -0.3 is 4.90 Å². The fourth-order valence-corrected chi connectivity index (χ4v) is 3.55. The zero-order valence-corrected chi connectivity index (χ0v) is 13.8. The molecule has 0 bridgehead atoms. The molecule has 1 amide bonds. The molecule has 1 fully saturated rings. The van der Waals surface area contributed by atoms with Gasteiger partial charge in [0.1, 0.15) is 16.8 Å². The molecule has 6 heteroatoms. The van der Waals surface area contributed by atoms with Crippen molar-refractivity contribution in [3.05, 3.63) is 40.9 Å². The van der Waals surface area contributed by atoms with E-state index in [1.807, 2.05) is 31.2 Å². The van der Waals surface area contributed by atoms with Gasteiger partial charge in [-0.3, -0.25) is 15.2 Å². The highest BCUT2D eigenvalue weighted by Crippen LogP contribution is 2.36. The highest BCUT2D eigenvalue weighted by Gasteiger charge is 2.39. The quantitative estimate of drug-likeness (QED) is 0.921. The number of amides is 1. The molecule has 1 saturated heterocycles. The maximum absolute atomic E-state index is 12.1. The van der Waals surface area contributed by atoms with Crippen LogP contribution in [0.1, 0.15) is 30.3 Å². The number of nitrogens with zero attached hydrogens (tertiary/aromatic N) is 3. The summed E-state index contributed by atoms with van der Waals surface area (Å²) in [6, 6.07) is 11.5. The maximum Gasteiger partial charge on any atom is 0.228 e. The van der Waals surface area contributed by atoms with E-state index >= 15 is 0 Å². The Kier molecular flexibility index (Phi) is 3.74. The number of nitrogens with one attached hydrogen (secondary N) is 1. The van der Waals surface area contributed by atoms with Gasteiger partial charge in [0.2, 0.25) is 5.91 Å². The molecule has 116 valence electrons. The summed E-state index contributed by atoms with van der Waals surface area (Å²) in [5.74, 6) is 0.262. The second-order valence-electron chi connectivity index (χ2n) is 6.00. The molecule has 0 aromatic carbocycles. The lowest BCUT2D eigenvalue weighted by atomic mass is 9.76. The molecule has 0 aliphatic carbocycles. The predicted molar refractivity (Wildman–Crippen MR) is 89.3 cm³/mol. The lowest BCUT2D eigenvalue weighted by molar-refractivity contribution is -0.128. The molecule has 3 heterocycles. The number of rotatable bonds is 2. The monoisotopic (exact) mass is 324 g/mol. The summed E-state index contributed by atoms with van der Waals surface area (Å²) in [6.07, 6.45) is 0.829. The van der Waals surface area contributed by atoms with E-state index < -0.39 is 5.41 Å². The molecule has 5 nitrogen and oxygen atoms in total. The summed E-state index contributed by atoms with van der Waals surface area (Å²) in [4.78, 5) is 19.8. The van der Waals surface area contributed by atoms with Gasteiger partial charge in [-0.25, -0.2) is 0 Å². The topological polar surface area (TPSA) is 80.8 Å². The van der Waals surface area contributed by atoms with Crippen molar-refractivity contribution >= 4 is 23.1 Å². The summed E-state index contributed by atoms with van der Waals surface area (Å²) in [5.41, 5.74) is 1.15. The molecule has 23 heavy (non-hydrogen) atoms. The summed E-state index contributed by atoms with van der Waals surface area (Å²) >= 11 is 1.40. The third kappa shape index (κ3) is 2.76. The zero-order chi connectivity index (χ0) is 16.6. The van der Waals surface area contributed by atoms with Crippen molar-refractivity contribution in [2.24, 2.45) is 0 Å². The van der Waals surface area contributed by atoms with Crippen molar-refractivity contribution in [2.75, 3.05) is 7.05 Å². The van der Waals surface area contributed by atoms with Crippen molar-refractivity contribution in [1.82, 2.24) is 9.88 Å². The number of piperidine rings is 1. The molecule has 2 aromatic heterocycles. The number of carbonyl (C=O) groups excluding carboxylic acids is 1. The van der Waals surface area contributed by atoms with Crippen molar-refractivity contribution in [1.29, 1.82) is 10.7 Å². The summed E-state index contributed by atoms with van der Waals surface area (Å²) in [7, 11) is 1.64. The van der Waals surface area contributed by atoms with Crippen LogP contribution in [0.15, 0.2) is 30.3 Å². The highest BCUT2D eigenvalue weighted by atomic mass is 32.1. The van der Waals surface area contributed by atoms with E-state index in [0.29, 0.717) is 23.6 Å². The first-order chi connectivity index (χ1) is 10.9. The van der Waals surface area contributed by atoms with E-state index in [2.05, 4.69) is 6.07 Å². The first-order valence-corrected chi connectivity index (χ1v) is 8.06.